The Hall–Kier alpha value is -3.04. The number of nitrogens with one attached hydrogen (secondary N) is 2. The minimum Gasteiger partial charge on any atom is -0.350 e. The van der Waals surface area contributed by atoms with Crippen molar-refractivity contribution < 1.29 is 14.4 Å². The van der Waals surface area contributed by atoms with Crippen LogP contribution in [0.3, 0.4) is 0 Å². The first-order valence-electron chi connectivity index (χ1n) is 10.3. The Kier molecular flexibility index (Phi) is 6.38. The molecule has 0 spiro atoms. The van der Waals surface area contributed by atoms with Gasteiger partial charge in [0.2, 0.25) is 5.91 Å². The summed E-state index contributed by atoms with van der Waals surface area (Å²) in [5, 5.41) is 8.58. The quantitative estimate of drug-likeness (QED) is 0.493. The van der Waals surface area contributed by atoms with Crippen LogP contribution in [0.5, 0.6) is 0 Å². The maximum absolute atomic E-state index is 12.9. The minimum absolute atomic E-state index is 0.297. The van der Waals surface area contributed by atoms with Gasteiger partial charge in [0.05, 0.1) is 22.1 Å². The van der Waals surface area contributed by atoms with Gasteiger partial charge in [-0.3, -0.25) is 14.5 Å². The molecule has 0 saturated carbocycles. The van der Waals surface area contributed by atoms with Crippen LogP contribution in [0.4, 0.5) is 4.79 Å². The molecule has 1 aromatic carbocycles. The number of nitrogens with zero attached hydrogens (tertiary/aromatic N) is 2. The second kappa shape index (κ2) is 9.22. The average molecular weight is 469 g/mol. The highest BCUT2D eigenvalue weighted by Gasteiger charge is 2.47. The van der Waals surface area contributed by atoms with E-state index >= 15 is 0 Å². The highest BCUT2D eigenvalue weighted by molar-refractivity contribution is 7.16. The first-order valence-corrected chi connectivity index (χ1v) is 12.0. The lowest BCUT2D eigenvalue weighted by Gasteiger charge is -2.21. The molecule has 9 heteroatoms. The lowest BCUT2D eigenvalue weighted by Crippen LogP contribution is -2.45. The molecule has 0 unspecified atom stereocenters. The normalized spacial score (nSPS) is 18.1. The van der Waals surface area contributed by atoms with Crippen molar-refractivity contribution in [3.8, 4) is 10.6 Å². The van der Waals surface area contributed by atoms with E-state index in [-0.39, 0.29) is 18.4 Å². The lowest BCUT2D eigenvalue weighted by molar-refractivity contribution is -0.134. The third-order valence-electron chi connectivity index (χ3n) is 5.40. The van der Waals surface area contributed by atoms with Crippen molar-refractivity contribution in [1.82, 2.24) is 20.5 Å². The number of hydrogen-bond acceptors (Lipinski definition) is 6. The molecule has 4 amide bonds. The fraction of sp³-hybridized carbons (Fsp3) is 0.304. The summed E-state index contributed by atoms with van der Waals surface area (Å²) in [6, 6.07) is 13.2. The summed E-state index contributed by atoms with van der Waals surface area (Å²) in [4.78, 5) is 45.2. The Morgan fingerprint density at radius 3 is 2.69 bits per heavy atom. The first kappa shape index (κ1) is 22.2. The smallest absolute Gasteiger partial charge is 0.325 e. The monoisotopic (exact) mass is 468 g/mol. The third-order valence-corrected chi connectivity index (χ3v) is 7.28. The molecule has 3 aromatic rings. The number of aryl methyl sites for hydroxylation is 2. The fourth-order valence-corrected chi connectivity index (χ4v) is 5.17. The van der Waals surface area contributed by atoms with E-state index in [2.05, 4.69) is 15.6 Å². The topological polar surface area (TPSA) is 91.4 Å². The molecule has 4 rings (SSSR count). The summed E-state index contributed by atoms with van der Waals surface area (Å²) in [7, 11) is 0. The minimum atomic E-state index is -1.01. The van der Waals surface area contributed by atoms with Crippen LogP contribution in [0.25, 0.3) is 10.6 Å². The number of hydrogen-bond donors (Lipinski definition) is 2. The summed E-state index contributed by atoms with van der Waals surface area (Å²) in [5.41, 5.74) is 1.01. The summed E-state index contributed by atoms with van der Waals surface area (Å²) in [6.45, 7) is 3.71. The number of carbonyl (C=O) groups excluding carboxylic acids is 3. The van der Waals surface area contributed by atoms with E-state index in [0.717, 1.165) is 30.9 Å². The number of urea groups is 1. The Balaban J connectivity index is 1.30. The van der Waals surface area contributed by atoms with Gasteiger partial charge in [0.25, 0.3) is 5.91 Å². The van der Waals surface area contributed by atoms with E-state index in [9.17, 15) is 14.4 Å². The van der Waals surface area contributed by atoms with Gasteiger partial charge in [-0.15, -0.1) is 22.7 Å². The van der Waals surface area contributed by atoms with Crippen LogP contribution in [0.1, 0.15) is 28.8 Å². The molecule has 166 valence electrons. The molecule has 0 aliphatic carbocycles. The van der Waals surface area contributed by atoms with Gasteiger partial charge in [-0.25, -0.2) is 9.78 Å². The molecule has 0 radical (unpaired) electrons. The second-order valence-electron chi connectivity index (χ2n) is 7.93. The molecule has 1 fully saturated rings. The van der Waals surface area contributed by atoms with Crippen LogP contribution in [0, 0.1) is 6.92 Å². The van der Waals surface area contributed by atoms with E-state index < -0.39 is 11.6 Å². The highest BCUT2D eigenvalue weighted by Crippen LogP contribution is 2.29. The third kappa shape index (κ3) is 4.89. The summed E-state index contributed by atoms with van der Waals surface area (Å²) >= 11 is 3.16. The van der Waals surface area contributed by atoms with Gasteiger partial charge in [-0.2, -0.15) is 0 Å². The van der Waals surface area contributed by atoms with Crippen LogP contribution < -0.4 is 10.6 Å². The number of aromatic nitrogens is 1. The van der Waals surface area contributed by atoms with Gasteiger partial charge in [0.1, 0.15) is 12.1 Å². The predicted octanol–water partition coefficient (Wildman–Crippen LogP) is 3.74. The fourth-order valence-electron chi connectivity index (χ4n) is 3.57. The molecule has 1 saturated heterocycles. The van der Waals surface area contributed by atoms with Gasteiger partial charge in [-0.1, -0.05) is 30.3 Å². The maximum atomic E-state index is 12.9. The zero-order valence-corrected chi connectivity index (χ0v) is 19.5. The SMILES string of the molecule is Cc1nc(-c2ccc(CNC(=O)CN3C(=O)N[C@](C)(CCc4ccccc4)C3=O)s2)cs1. The molecule has 7 nitrogen and oxygen atoms in total. The molecule has 0 bridgehead atoms. The van der Waals surface area contributed by atoms with Crippen molar-refractivity contribution in [2.24, 2.45) is 0 Å². The van der Waals surface area contributed by atoms with E-state index in [1.165, 1.54) is 0 Å². The second-order valence-corrected chi connectivity index (χ2v) is 10.2. The van der Waals surface area contributed by atoms with E-state index in [1.807, 2.05) is 54.8 Å². The van der Waals surface area contributed by atoms with E-state index in [4.69, 9.17) is 0 Å². The summed E-state index contributed by atoms with van der Waals surface area (Å²) in [6.07, 6.45) is 1.12. The lowest BCUT2D eigenvalue weighted by atomic mass is 9.93. The number of amides is 4. The zero-order valence-electron chi connectivity index (χ0n) is 17.9. The van der Waals surface area contributed by atoms with Crippen LogP contribution in [0.2, 0.25) is 0 Å². The van der Waals surface area contributed by atoms with Gasteiger partial charge in [0.15, 0.2) is 0 Å². The van der Waals surface area contributed by atoms with Crippen molar-refractivity contribution in [2.75, 3.05) is 6.54 Å². The first-order chi connectivity index (χ1) is 15.3. The molecule has 1 atom stereocenters. The molecular weight excluding hydrogens is 444 g/mol. The largest absolute Gasteiger partial charge is 0.350 e. The van der Waals surface area contributed by atoms with Crippen molar-refractivity contribution in [3.05, 3.63) is 63.3 Å². The maximum Gasteiger partial charge on any atom is 0.325 e. The molecular formula is C23H24N4O3S2. The van der Waals surface area contributed by atoms with E-state index in [0.29, 0.717) is 19.4 Å². The number of thiazole rings is 1. The number of benzene rings is 1. The van der Waals surface area contributed by atoms with Gasteiger partial charge >= 0.3 is 6.03 Å². The standard InChI is InChI=1S/C23H24N4O3S2/c1-15-25-18(14-31-15)19-9-8-17(32-19)12-24-20(28)13-27-21(29)23(2,26-22(27)30)11-10-16-6-4-3-5-7-16/h3-9,14H,10-13H2,1-2H3,(H,24,28)(H,26,30)/t23-/m1/s1. The van der Waals surface area contributed by atoms with Crippen molar-refractivity contribution in [1.29, 1.82) is 0 Å². The Labute approximate surface area is 194 Å². The van der Waals surface area contributed by atoms with Crippen LogP contribution >= 0.6 is 22.7 Å². The Morgan fingerprint density at radius 1 is 1.19 bits per heavy atom. The van der Waals surface area contributed by atoms with Crippen molar-refractivity contribution in [2.45, 2.75) is 38.8 Å². The molecule has 32 heavy (non-hydrogen) atoms. The summed E-state index contributed by atoms with van der Waals surface area (Å²) < 4.78 is 0. The van der Waals surface area contributed by atoms with Gasteiger partial charge in [0, 0.05) is 10.3 Å². The predicted molar refractivity (Wildman–Crippen MR) is 125 cm³/mol. The molecule has 2 N–H and O–H groups in total. The molecule has 1 aliphatic heterocycles. The van der Waals surface area contributed by atoms with Crippen LogP contribution in [-0.2, 0) is 22.6 Å². The Morgan fingerprint density at radius 2 is 1.97 bits per heavy atom. The number of rotatable bonds is 8. The van der Waals surface area contributed by atoms with Gasteiger partial charge < -0.3 is 10.6 Å². The van der Waals surface area contributed by atoms with Crippen molar-refractivity contribution >= 4 is 40.5 Å². The Bertz CT molecular complexity index is 1140. The highest BCUT2D eigenvalue weighted by atomic mass is 32.1. The van der Waals surface area contributed by atoms with Crippen LogP contribution in [0.15, 0.2) is 47.8 Å². The average Bonchev–Trinajstić information content (AvgIpc) is 3.47. The number of imide groups is 1. The zero-order chi connectivity index (χ0) is 22.7. The molecule has 3 heterocycles. The molecule has 1 aliphatic rings. The molecule has 2 aromatic heterocycles. The van der Waals surface area contributed by atoms with Crippen LogP contribution in [-0.4, -0.2) is 39.8 Å². The summed E-state index contributed by atoms with van der Waals surface area (Å²) in [5.74, 6) is -0.744. The van der Waals surface area contributed by atoms with E-state index in [1.54, 1.807) is 29.6 Å². The van der Waals surface area contributed by atoms with Gasteiger partial charge in [-0.05, 0) is 44.4 Å². The number of carbonyl (C=O) groups is 3. The van der Waals surface area contributed by atoms with Crippen molar-refractivity contribution in [3.63, 3.8) is 0 Å². The number of thiophene rings is 1.